The minimum atomic E-state index is 0.141. The second-order valence-electron chi connectivity index (χ2n) is 1.36. The zero-order valence-corrected chi connectivity index (χ0v) is 3.97. The van der Waals surface area contributed by atoms with Crippen LogP contribution in [-0.4, -0.2) is 17.2 Å². The summed E-state index contributed by atoms with van der Waals surface area (Å²) in [4.78, 5) is 0. The molecule has 0 aromatic heterocycles. The third kappa shape index (κ3) is 0.747. The predicted molar refractivity (Wildman–Crippen MR) is 24.7 cm³/mol. The highest BCUT2D eigenvalue weighted by Gasteiger charge is 2.00. The number of nitrogens with one attached hydrogen (secondary N) is 2. The number of aliphatic hydroxyl groups excluding tert-OH is 1. The van der Waals surface area contributed by atoms with Crippen LogP contribution < -0.4 is 11.0 Å². The van der Waals surface area contributed by atoms with Gasteiger partial charge in [0.1, 0.15) is 0 Å². The quantitative estimate of drug-likeness (QED) is 0.377. The minimum absolute atomic E-state index is 0.141. The summed E-state index contributed by atoms with van der Waals surface area (Å²) in [6, 6.07) is 0. The van der Waals surface area contributed by atoms with Crippen LogP contribution in [-0.2, 0) is 0 Å². The van der Waals surface area contributed by atoms with Crippen LogP contribution in [0.1, 0.15) is 0 Å². The van der Waals surface area contributed by atoms with Gasteiger partial charge in [-0.15, -0.1) is 5.53 Å². The fraction of sp³-hybridized carbons (Fsp3) is 0.333. The molecular weight excluding hydrogens is 94.1 g/mol. The molecule has 4 nitrogen and oxygen atoms in total. The second kappa shape index (κ2) is 1.31. The maximum atomic E-state index is 8.55. The van der Waals surface area contributed by atoms with Crippen LogP contribution in [0.15, 0.2) is 12.1 Å². The van der Waals surface area contributed by atoms with Gasteiger partial charge in [0.2, 0.25) is 5.88 Å². The molecule has 0 atom stereocenters. The zero-order chi connectivity index (χ0) is 5.28. The maximum absolute atomic E-state index is 8.55. The van der Waals surface area contributed by atoms with Crippen LogP contribution in [0, 0.1) is 0 Å². The lowest BCUT2D eigenvalue weighted by Gasteiger charge is -2.03. The summed E-state index contributed by atoms with van der Waals surface area (Å²) < 4.78 is 0. The van der Waals surface area contributed by atoms with Crippen molar-refractivity contribution in [3.63, 3.8) is 0 Å². The largest absolute Gasteiger partial charge is 0.493 e. The smallest absolute Gasteiger partial charge is 0.218 e. The van der Waals surface area contributed by atoms with E-state index in [4.69, 9.17) is 5.11 Å². The predicted octanol–water partition coefficient (Wildman–Crippen LogP) is -0.702. The Bertz CT molecular complexity index is 100. The van der Waals surface area contributed by atoms with Crippen molar-refractivity contribution in [1.29, 1.82) is 0 Å². The number of hydrogen-bond donors (Lipinski definition) is 3. The molecule has 7 heavy (non-hydrogen) atoms. The lowest BCUT2D eigenvalue weighted by atomic mass is 10.8. The summed E-state index contributed by atoms with van der Waals surface area (Å²) in [7, 11) is 1.77. The van der Waals surface area contributed by atoms with Crippen LogP contribution in [0.25, 0.3) is 0 Å². The van der Waals surface area contributed by atoms with Crippen molar-refractivity contribution in [1.82, 2.24) is 16.0 Å². The molecule has 0 aromatic carbocycles. The van der Waals surface area contributed by atoms with E-state index in [9.17, 15) is 0 Å². The molecule has 0 fully saturated rings. The summed E-state index contributed by atoms with van der Waals surface area (Å²) in [6.07, 6.45) is 1.53. The molecule has 3 N–H and O–H groups in total. The Morgan fingerprint density at radius 3 is 2.71 bits per heavy atom. The molecule has 0 amide bonds. The Labute approximate surface area is 41.4 Å². The number of aliphatic hydroxyl groups is 1. The van der Waals surface area contributed by atoms with Crippen molar-refractivity contribution in [2.24, 2.45) is 0 Å². The molecule has 0 spiro atoms. The topological polar surface area (TPSA) is 47.5 Å². The molecule has 0 radical (unpaired) electrons. The standard InChI is InChI=1S/C3H7N3O/c1-6-2-3(7)4-5-6/h2,4-5,7H,1H3. The van der Waals surface area contributed by atoms with Gasteiger partial charge in [0, 0.05) is 7.05 Å². The lowest BCUT2D eigenvalue weighted by Crippen LogP contribution is -2.33. The maximum Gasteiger partial charge on any atom is 0.218 e. The van der Waals surface area contributed by atoms with E-state index in [-0.39, 0.29) is 5.88 Å². The van der Waals surface area contributed by atoms with Crippen molar-refractivity contribution in [3.05, 3.63) is 12.1 Å². The van der Waals surface area contributed by atoms with Crippen molar-refractivity contribution in [2.45, 2.75) is 0 Å². The Morgan fingerprint density at radius 2 is 2.57 bits per heavy atom. The van der Waals surface area contributed by atoms with Crippen LogP contribution in [0.2, 0.25) is 0 Å². The van der Waals surface area contributed by atoms with Gasteiger partial charge < -0.3 is 5.11 Å². The minimum Gasteiger partial charge on any atom is -0.493 e. The summed E-state index contributed by atoms with van der Waals surface area (Å²) in [5.74, 6) is 0.141. The van der Waals surface area contributed by atoms with Crippen LogP contribution in [0.4, 0.5) is 0 Å². The third-order valence-electron chi connectivity index (χ3n) is 0.676. The fourth-order valence-corrected chi connectivity index (χ4v) is 0.393. The molecule has 1 aliphatic rings. The van der Waals surface area contributed by atoms with Gasteiger partial charge in [-0.25, -0.2) is 0 Å². The van der Waals surface area contributed by atoms with Gasteiger partial charge >= 0.3 is 0 Å². The third-order valence-corrected chi connectivity index (χ3v) is 0.676. The average molecular weight is 101 g/mol. The van der Waals surface area contributed by atoms with E-state index in [1.807, 2.05) is 0 Å². The van der Waals surface area contributed by atoms with Crippen LogP contribution in [0.3, 0.4) is 0 Å². The monoisotopic (exact) mass is 101 g/mol. The highest BCUT2D eigenvalue weighted by Crippen LogP contribution is 1.88. The van der Waals surface area contributed by atoms with Crippen molar-refractivity contribution in [2.75, 3.05) is 7.05 Å². The van der Waals surface area contributed by atoms with Crippen molar-refractivity contribution < 1.29 is 5.11 Å². The van der Waals surface area contributed by atoms with E-state index < -0.39 is 0 Å². The van der Waals surface area contributed by atoms with Gasteiger partial charge in [-0.2, -0.15) is 0 Å². The molecule has 1 aliphatic heterocycles. The number of rotatable bonds is 0. The molecule has 0 bridgehead atoms. The van der Waals surface area contributed by atoms with E-state index in [0.717, 1.165) is 0 Å². The first-order chi connectivity index (χ1) is 3.29. The first-order valence-electron chi connectivity index (χ1n) is 1.94. The van der Waals surface area contributed by atoms with Crippen molar-refractivity contribution >= 4 is 0 Å². The van der Waals surface area contributed by atoms with Gasteiger partial charge in [0.05, 0.1) is 6.20 Å². The summed E-state index contributed by atoms with van der Waals surface area (Å²) >= 11 is 0. The van der Waals surface area contributed by atoms with E-state index in [0.29, 0.717) is 0 Å². The number of nitrogens with zero attached hydrogens (tertiary/aromatic N) is 1. The molecule has 1 rings (SSSR count). The number of hydrazine groups is 2. The summed E-state index contributed by atoms with van der Waals surface area (Å²) in [5.41, 5.74) is 5.07. The SMILES string of the molecule is CN1C=C(O)NN1. The molecule has 0 unspecified atom stereocenters. The van der Waals surface area contributed by atoms with Gasteiger partial charge in [-0.3, -0.25) is 10.4 Å². The van der Waals surface area contributed by atoms with Gasteiger partial charge in [-0.05, 0) is 0 Å². The molecular formula is C3H7N3O. The van der Waals surface area contributed by atoms with E-state index in [1.165, 1.54) is 6.20 Å². The van der Waals surface area contributed by atoms with Gasteiger partial charge in [0.25, 0.3) is 0 Å². The van der Waals surface area contributed by atoms with Crippen LogP contribution in [0.5, 0.6) is 0 Å². The first kappa shape index (κ1) is 4.26. The fourth-order valence-electron chi connectivity index (χ4n) is 0.393. The average Bonchev–Trinajstić information content (AvgIpc) is 1.87. The van der Waals surface area contributed by atoms with E-state index >= 15 is 0 Å². The molecule has 0 aromatic rings. The molecule has 0 saturated carbocycles. The highest BCUT2D eigenvalue weighted by atomic mass is 16.3. The molecule has 4 heteroatoms. The molecule has 0 aliphatic carbocycles. The Hall–Kier alpha value is -0.900. The van der Waals surface area contributed by atoms with Gasteiger partial charge in [-0.1, -0.05) is 0 Å². The van der Waals surface area contributed by atoms with E-state index in [1.54, 1.807) is 12.1 Å². The molecule has 1 heterocycles. The summed E-state index contributed by atoms with van der Waals surface area (Å²) in [5, 5.41) is 10.2. The van der Waals surface area contributed by atoms with Gasteiger partial charge in [0.15, 0.2) is 0 Å². The second-order valence-corrected chi connectivity index (χ2v) is 1.36. The molecule has 40 valence electrons. The highest BCUT2D eigenvalue weighted by molar-refractivity contribution is 4.88. The summed E-state index contributed by atoms with van der Waals surface area (Å²) in [6.45, 7) is 0. The zero-order valence-electron chi connectivity index (χ0n) is 3.97. The van der Waals surface area contributed by atoms with Crippen molar-refractivity contribution in [3.8, 4) is 0 Å². The Kier molecular flexibility index (Phi) is 0.796. The number of hydrogen-bond acceptors (Lipinski definition) is 4. The molecule has 0 saturated heterocycles. The lowest BCUT2D eigenvalue weighted by molar-refractivity contribution is 0.299. The van der Waals surface area contributed by atoms with E-state index in [2.05, 4.69) is 11.0 Å². The first-order valence-corrected chi connectivity index (χ1v) is 1.94. The van der Waals surface area contributed by atoms with Crippen LogP contribution >= 0.6 is 0 Å². The Morgan fingerprint density at radius 1 is 1.86 bits per heavy atom. The normalized spacial score (nSPS) is 19.0. The Balaban J connectivity index is 2.50.